The SMILES string of the molecule is [2H]OCC(COCCCNC(=O)CCCCC1SC[C@H]2[C@@H]1NC(=O)N2C(=O)c1ccc(C(C)(C)C)cc1)OP([O][Ce])N(CC)C(C)C. The zero-order valence-corrected chi connectivity index (χ0v) is 32.9. The minimum absolute atomic E-state index is 0.0104. The van der Waals surface area contributed by atoms with Gasteiger partial charge in [-0.05, 0) is 36.0 Å². The summed E-state index contributed by atoms with van der Waals surface area (Å²) in [6.07, 6.45) is 3.20. The number of urea groups is 1. The topological polar surface area (TPSA) is 130 Å². The summed E-state index contributed by atoms with van der Waals surface area (Å²) >= 11 is 2.34. The molecular formula is C32H52CeN4O7PS. The number of benzene rings is 1. The van der Waals surface area contributed by atoms with Gasteiger partial charge in [-0.3, -0.25) is 9.69 Å². The number of rotatable bonds is 20. The van der Waals surface area contributed by atoms with E-state index in [1.165, 1.54) is 4.90 Å². The molecule has 3 N–H and O–H groups in total. The second-order valence-corrected chi connectivity index (χ2v) is 17.4. The third-order valence-electron chi connectivity index (χ3n) is 8.22. The number of hydrogen-bond donors (Lipinski definition) is 3. The van der Waals surface area contributed by atoms with Gasteiger partial charge < -0.3 is 5.32 Å². The van der Waals surface area contributed by atoms with Gasteiger partial charge in [0.15, 0.2) is 0 Å². The van der Waals surface area contributed by atoms with E-state index in [1.807, 2.05) is 24.3 Å². The van der Waals surface area contributed by atoms with Crippen LogP contribution in [0, 0.1) is 40.2 Å². The molecule has 5 atom stereocenters. The number of imide groups is 1. The molecule has 1 aromatic carbocycles. The Morgan fingerprint density at radius 2 is 2.00 bits per heavy atom. The average molecular weight is 809 g/mol. The first-order chi connectivity index (χ1) is 22.4. The first kappa shape index (κ1) is 38.4. The molecule has 0 spiro atoms. The number of carbonyl (C=O) groups excluding carboxylic acids is 3. The summed E-state index contributed by atoms with van der Waals surface area (Å²) in [6.45, 7) is 14.8. The van der Waals surface area contributed by atoms with Gasteiger partial charge in [-0.1, -0.05) is 39.3 Å². The third kappa shape index (κ3) is 11.6. The van der Waals surface area contributed by atoms with Crippen molar-refractivity contribution in [1.82, 2.24) is 20.2 Å². The second-order valence-electron chi connectivity index (χ2n) is 13.0. The van der Waals surface area contributed by atoms with Gasteiger partial charge in [-0.25, -0.2) is 4.79 Å². The van der Waals surface area contributed by atoms with Crippen molar-refractivity contribution in [3.05, 3.63) is 35.4 Å². The van der Waals surface area contributed by atoms with E-state index in [1.54, 1.807) is 11.8 Å². The molecule has 0 aromatic heterocycles. The molecule has 0 saturated carbocycles. The molecule has 3 unspecified atom stereocenters. The first-order valence-corrected chi connectivity index (χ1v) is 19.7. The normalized spacial score (nSPS) is 21.3. The summed E-state index contributed by atoms with van der Waals surface area (Å²) in [6, 6.07) is 7.29. The number of amides is 4. The van der Waals surface area contributed by atoms with Gasteiger partial charge in [0.1, 0.15) is 0 Å². The number of fused-ring (bicyclic) bond motifs is 1. The Morgan fingerprint density at radius 3 is 2.63 bits per heavy atom. The number of nitrogens with zero attached hydrogens (tertiary/aromatic N) is 2. The summed E-state index contributed by atoms with van der Waals surface area (Å²) in [4.78, 5) is 39.9. The Bertz CT molecular complexity index is 1150. The van der Waals surface area contributed by atoms with Gasteiger partial charge in [0.2, 0.25) is 0 Å². The fourth-order valence-corrected chi connectivity index (χ4v) is 9.84. The molecule has 2 aliphatic heterocycles. The summed E-state index contributed by atoms with van der Waals surface area (Å²) in [7, 11) is -1.22. The van der Waals surface area contributed by atoms with Crippen LogP contribution < -0.4 is 10.6 Å². The van der Waals surface area contributed by atoms with E-state index in [-0.39, 0.29) is 59.8 Å². The van der Waals surface area contributed by atoms with Crippen LogP contribution in [0.4, 0.5) is 4.79 Å². The second kappa shape index (κ2) is 19.7. The molecule has 46 heavy (non-hydrogen) atoms. The van der Waals surface area contributed by atoms with Crippen LogP contribution in [-0.4, -0.2) is 102 Å². The minimum atomic E-state index is -1.22. The Kier molecular flexibility index (Phi) is 16.4. The van der Waals surface area contributed by atoms with Gasteiger partial charge in [0.05, 0.1) is 12.1 Å². The van der Waals surface area contributed by atoms with E-state index in [2.05, 4.69) is 62.0 Å². The predicted octanol–water partition coefficient (Wildman–Crippen LogP) is 4.90. The van der Waals surface area contributed by atoms with Crippen molar-refractivity contribution >= 4 is 38.1 Å². The van der Waals surface area contributed by atoms with Crippen molar-refractivity contribution in [3.8, 4) is 0 Å². The fourth-order valence-electron chi connectivity index (χ4n) is 5.60. The van der Waals surface area contributed by atoms with Crippen molar-refractivity contribution in [2.24, 2.45) is 0 Å². The van der Waals surface area contributed by atoms with E-state index < -0.39 is 14.6 Å². The monoisotopic (exact) mass is 808 g/mol. The van der Waals surface area contributed by atoms with Crippen LogP contribution in [0.25, 0.3) is 0 Å². The number of aliphatic hydroxyl groups excluding tert-OH is 1. The van der Waals surface area contributed by atoms with Gasteiger partial charge in [0.25, 0.3) is 5.91 Å². The summed E-state index contributed by atoms with van der Waals surface area (Å²) in [5.74, 6) is 0.480. The number of ether oxygens (including phenoxy) is 1. The van der Waals surface area contributed by atoms with Gasteiger partial charge in [0, 0.05) is 16.6 Å². The average Bonchev–Trinajstić information content (AvgIpc) is 3.57. The first-order valence-electron chi connectivity index (χ1n) is 16.7. The van der Waals surface area contributed by atoms with E-state index >= 15 is 0 Å². The number of thioether (sulfide) groups is 1. The Balaban J connectivity index is 1.31. The van der Waals surface area contributed by atoms with Crippen LogP contribution >= 0.6 is 20.3 Å². The van der Waals surface area contributed by atoms with Crippen molar-refractivity contribution in [2.45, 2.75) is 109 Å². The molecule has 0 radical (unpaired) electrons. The van der Waals surface area contributed by atoms with Crippen LogP contribution in [0.15, 0.2) is 24.3 Å². The molecule has 3 rings (SSSR count). The Labute approximate surface area is 309 Å². The van der Waals surface area contributed by atoms with E-state index in [0.717, 1.165) is 37.1 Å². The quantitative estimate of drug-likeness (QED) is 0.0958. The predicted molar refractivity (Wildman–Crippen MR) is 178 cm³/mol. The van der Waals surface area contributed by atoms with Crippen molar-refractivity contribution in [1.29, 1.82) is 1.43 Å². The van der Waals surface area contributed by atoms with Crippen LogP contribution in [-0.2, 0) is 20.2 Å². The molecule has 257 valence electrons. The molecular weight excluding hydrogens is 756 g/mol. The number of nitrogens with one attached hydrogen (secondary N) is 2. The number of unbranched alkanes of at least 4 members (excludes halogenated alkanes) is 1. The van der Waals surface area contributed by atoms with Crippen LogP contribution in [0.1, 0.15) is 89.6 Å². The van der Waals surface area contributed by atoms with Crippen LogP contribution in [0.5, 0.6) is 0 Å². The third-order valence-corrected chi connectivity index (χ3v) is 13.0. The maximum absolute atomic E-state index is 13.3. The molecule has 11 nitrogen and oxygen atoms in total. The van der Waals surface area contributed by atoms with Gasteiger partial charge in [-0.2, -0.15) is 11.8 Å². The molecule has 2 fully saturated rings. The summed E-state index contributed by atoms with van der Waals surface area (Å²) in [5.41, 5.74) is 1.66. The van der Waals surface area contributed by atoms with E-state index in [9.17, 15) is 14.4 Å². The van der Waals surface area contributed by atoms with E-state index in [0.29, 0.717) is 71.8 Å². The molecule has 2 saturated heterocycles. The van der Waals surface area contributed by atoms with Crippen molar-refractivity contribution < 1.29 is 69.7 Å². The van der Waals surface area contributed by atoms with Crippen molar-refractivity contribution in [2.75, 3.05) is 38.7 Å². The number of aliphatic hydroxyl groups is 1. The van der Waals surface area contributed by atoms with Crippen molar-refractivity contribution in [3.63, 3.8) is 0 Å². The molecule has 0 aliphatic carbocycles. The molecule has 2 heterocycles. The summed E-state index contributed by atoms with van der Waals surface area (Å²) in [5, 5.41) is 10.8. The van der Waals surface area contributed by atoms with Crippen LogP contribution in [0.2, 0.25) is 0 Å². The molecule has 14 heteroatoms. The zero-order valence-electron chi connectivity index (χ0n) is 29.1. The number of carbonyl (C=O) groups is 3. The molecule has 1 aromatic rings. The zero-order chi connectivity index (χ0) is 34.6. The molecule has 2 aliphatic rings. The van der Waals surface area contributed by atoms with Gasteiger partial charge in [-0.15, -0.1) is 0 Å². The van der Waals surface area contributed by atoms with Crippen LogP contribution in [0.3, 0.4) is 0 Å². The van der Waals surface area contributed by atoms with Gasteiger partial charge >= 0.3 is 171 Å². The Hall–Kier alpha value is -0.413. The molecule has 0 bridgehead atoms. The summed E-state index contributed by atoms with van der Waals surface area (Å²) < 4.78 is 26.8. The molecule has 4 amide bonds. The number of hydrogen-bond acceptors (Lipinski definition) is 9. The van der Waals surface area contributed by atoms with E-state index in [4.69, 9.17) is 11.4 Å². The Morgan fingerprint density at radius 1 is 1.26 bits per heavy atom. The maximum atomic E-state index is 13.3. The fraction of sp³-hybridized carbons (Fsp3) is 0.719. The standard InChI is InChI=1S/C32H52N4O7PS.Ce/c1-7-35(22(2)3)44(41)43-25(19-37)20-42-18-10-17-33-28(38)12-9-8-11-27-29-26(21-45-27)36(31(40)34-29)30(39)23-13-15-24(16-14-23)32(4,5)6;/h13-16,22,25-27,29,37H,7-12,17-21H2,1-6H3,(H,33,38)(H,34,40);/q-1;+1/t25?,26-,27?,29-,44?;/m0./s1/i37D;.